The minimum atomic E-state index is -2.59. The van der Waals surface area contributed by atoms with Crippen LogP contribution in [0, 0.1) is 6.20 Å². The molecule has 0 aliphatic carbocycles. The van der Waals surface area contributed by atoms with E-state index in [9.17, 15) is 8.78 Å². The molecule has 10 heavy (non-hydrogen) atoms. The van der Waals surface area contributed by atoms with E-state index in [2.05, 4.69) is 11.3 Å². The Morgan fingerprint density at radius 3 is 2.50 bits per heavy atom. The van der Waals surface area contributed by atoms with Gasteiger partial charge in [-0.2, -0.15) is 5.10 Å². The second-order valence-corrected chi connectivity index (χ2v) is 2.11. The van der Waals surface area contributed by atoms with Crippen LogP contribution in [0.1, 0.15) is 12.1 Å². The van der Waals surface area contributed by atoms with Gasteiger partial charge in [0.25, 0.3) is 6.43 Å². The molecule has 0 fully saturated rings. The van der Waals surface area contributed by atoms with Gasteiger partial charge in [-0.05, 0) is 0 Å². The highest BCUT2D eigenvalue weighted by Gasteiger charge is 2.16. The zero-order chi connectivity index (χ0) is 7.72. The molecule has 0 spiro atoms. The fourth-order valence-electron chi connectivity index (χ4n) is 0.609. The van der Waals surface area contributed by atoms with Crippen molar-refractivity contribution < 1.29 is 8.78 Å². The van der Waals surface area contributed by atoms with Gasteiger partial charge < -0.3 is 0 Å². The normalized spacial score (nSPS) is 10.9. The number of aromatic nitrogens is 2. The van der Waals surface area contributed by atoms with E-state index in [1.165, 1.54) is 7.05 Å². The molecule has 0 aliphatic heterocycles. The Kier molecular flexibility index (Phi) is 1.89. The van der Waals surface area contributed by atoms with Gasteiger partial charge in [-0.15, -0.1) is 0 Å². The van der Waals surface area contributed by atoms with E-state index in [0.29, 0.717) is 0 Å². The average molecular weight is 166 g/mol. The fourth-order valence-corrected chi connectivity index (χ4v) is 0.852. The van der Waals surface area contributed by atoms with Crippen LogP contribution in [-0.4, -0.2) is 9.78 Å². The predicted octanol–water partition coefficient (Wildman–Crippen LogP) is 1.81. The van der Waals surface area contributed by atoms with Crippen molar-refractivity contribution in [2.24, 2.45) is 7.05 Å². The SMILES string of the molecule is Cn1n[c]c(Cl)c1C(F)F. The second kappa shape index (κ2) is 2.54. The lowest BCUT2D eigenvalue weighted by Gasteiger charge is -1.98. The molecule has 0 N–H and O–H groups in total. The Hall–Kier alpha value is -0.640. The van der Waals surface area contributed by atoms with Gasteiger partial charge in [-0.3, -0.25) is 4.68 Å². The van der Waals surface area contributed by atoms with E-state index in [1.54, 1.807) is 0 Å². The predicted molar refractivity (Wildman–Crippen MR) is 32.0 cm³/mol. The van der Waals surface area contributed by atoms with Crippen molar-refractivity contribution in [1.82, 2.24) is 9.78 Å². The molecule has 5 heteroatoms. The Bertz CT molecular complexity index is 214. The molecule has 1 radical (unpaired) electrons. The van der Waals surface area contributed by atoms with E-state index < -0.39 is 6.43 Å². The van der Waals surface area contributed by atoms with Gasteiger partial charge >= 0.3 is 0 Å². The van der Waals surface area contributed by atoms with Gasteiger partial charge in [0, 0.05) is 7.05 Å². The summed E-state index contributed by atoms with van der Waals surface area (Å²) in [5.74, 6) is 0. The van der Waals surface area contributed by atoms with Crippen LogP contribution in [-0.2, 0) is 7.05 Å². The summed E-state index contributed by atoms with van der Waals surface area (Å²) in [7, 11) is 1.39. The molecule has 1 aromatic rings. The molecule has 0 aromatic carbocycles. The second-order valence-electron chi connectivity index (χ2n) is 1.74. The fraction of sp³-hybridized carbons (Fsp3) is 0.400. The highest BCUT2D eigenvalue weighted by atomic mass is 35.5. The van der Waals surface area contributed by atoms with E-state index >= 15 is 0 Å². The Labute approximate surface area is 61.4 Å². The lowest BCUT2D eigenvalue weighted by Crippen LogP contribution is -1.98. The molecule has 0 aliphatic rings. The van der Waals surface area contributed by atoms with Crippen LogP contribution in [0.2, 0.25) is 5.02 Å². The zero-order valence-electron chi connectivity index (χ0n) is 5.11. The number of hydrogen-bond donors (Lipinski definition) is 0. The molecule has 0 saturated carbocycles. The van der Waals surface area contributed by atoms with E-state index in [1.807, 2.05) is 0 Å². The summed E-state index contributed by atoms with van der Waals surface area (Å²) in [5.41, 5.74) is -0.290. The van der Waals surface area contributed by atoms with Gasteiger partial charge in [-0.25, -0.2) is 8.78 Å². The van der Waals surface area contributed by atoms with Crippen molar-refractivity contribution in [2.75, 3.05) is 0 Å². The Balaban J connectivity index is 3.10. The van der Waals surface area contributed by atoms with E-state index in [4.69, 9.17) is 11.6 Å². The summed E-state index contributed by atoms with van der Waals surface area (Å²) in [6.45, 7) is 0. The highest BCUT2D eigenvalue weighted by Crippen LogP contribution is 2.24. The molecule has 1 aromatic heterocycles. The smallest absolute Gasteiger partial charge is 0.265 e. The zero-order valence-corrected chi connectivity index (χ0v) is 5.86. The molecule has 0 unspecified atom stereocenters. The maximum absolute atomic E-state index is 12.0. The van der Waals surface area contributed by atoms with Crippen LogP contribution in [0.3, 0.4) is 0 Å². The van der Waals surface area contributed by atoms with Crippen molar-refractivity contribution >= 4 is 11.6 Å². The number of hydrogen-bond acceptors (Lipinski definition) is 1. The van der Waals surface area contributed by atoms with E-state index in [-0.39, 0.29) is 10.7 Å². The molecule has 0 bridgehead atoms. The van der Waals surface area contributed by atoms with Crippen molar-refractivity contribution in [3.63, 3.8) is 0 Å². The third-order valence-electron chi connectivity index (χ3n) is 1.08. The molecule has 1 heterocycles. The maximum Gasteiger partial charge on any atom is 0.281 e. The first-order chi connectivity index (χ1) is 4.63. The van der Waals surface area contributed by atoms with Crippen molar-refractivity contribution in [1.29, 1.82) is 0 Å². The highest BCUT2D eigenvalue weighted by molar-refractivity contribution is 6.31. The van der Waals surface area contributed by atoms with Crippen molar-refractivity contribution in [2.45, 2.75) is 6.43 Å². The largest absolute Gasteiger partial charge is 0.281 e. The average Bonchev–Trinajstić information content (AvgIpc) is 2.11. The summed E-state index contributed by atoms with van der Waals surface area (Å²) in [4.78, 5) is 0. The molecule has 2 nitrogen and oxygen atoms in total. The number of aryl methyl sites for hydroxylation is 1. The molecular weight excluding hydrogens is 162 g/mol. The summed E-state index contributed by atoms with van der Waals surface area (Å²) in [6.07, 6.45) is -0.370. The molecule has 0 amide bonds. The molecule has 0 atom stereocenters. The van der Waals surface area contributed by atoms with Gasteiger partial charge in [0.15, 0.2) is 0 Å². The summed E-state index contributed by atoms with van der Waals surface area (Å²) >= 11 is 5.32. The first kappa shape index (κ1) is 7.47. The quantitative estimate of drug-likeness (QED) is 0.621. The third kappa shape index (κ3) is 1.11. The monoisotopic (exact) mass is 165 g/mol. The molecular formula is C5H4ClF2N2. The number of halogens is 3. The van der Waals surface area contributed by atoms with Crippen LogP contribution in [0.15, 0.2) is 0 Å². The number of alkyl halides is 2. The van der Waals surface area contributed by atoms with Crippen LogP contribution < -0.4 is 0 Å². The number of rotatable bonds is 1. The summed E-state index contributed by atoms with van der Waals surface area (Å²) in [5, 5.41) is 3.30. The lowest BCUT2D eigenvalue weighted by atomic mass is 10.4. The van der Waals surface area contributed by atoms with Crippen LogP contribution in [0.4, 0.5) is 8.78 Å². The van der Waals surface area contributed by atoms with Gasteiger partial charge in [0.05, 0.1) is 5.02 Å². The minimum Gasteiger partial charge on any atom is -0.265 e. The van der Waals surface area contributed by atoms with Gasteiger partial charge in [0.2, 0.25) is 0 Å². The number of nitrogens with zero attached hydrogens (tertiary/aromatic N) is 2. The van der Waals surface area contributed by atoms with Gasteiger partial charge in [0.1, 0.15) is 11.9 Å². The molecule has 0 saturated heterocycles. The summed E-state index contributed by atoms with van der Waals surface area (Å²) in [6, 6.07) is 0. The van der Waals surface area contributed by atoms with Crippen molar-refractivity contribution in [3.8, 4) is 0 Å². The first-order valence-electron chi connectivity index (χ1n) is 2.51. The molecule has 55 valence electrons. The topological polar surface area (TPSA) is 17.8 Å². The minimum absolute atomic E-state index is 0.113. The molecule has 1 rings (SSSR count). The maximum atomic E-state index is 12.0. The van der Waals surface area contributed by atoms with Crippen molar-refractivity contribution in [3.05, 3.63) is 16.9 Å². The lowest BCUT2D eigenvalue weighted by molar-refractivity contribution is 0.141. The van der Waals surface area contributed by atoms with Gasteiger partial charge in [-0.1, -0.05) is 11.6 Å². The summed E-state index contributed by atoms with van der Waals surface area (Å²) < 4.78 is 24.9. The van der Waals surface area contributed by atoms with E-state index in [0.717, 1.165) is 4.68 Å². The van der Waals surface area contributed by atoms with Crippen LogP contribution in [0.25, 0.3) is 0 Å². The Morgan fingerprint density at radius 2 is 2.30 bits per heavy atom. The van der Waals surface area contributed by atoms with Crippen LogP contribution in [0.5, 0.6) is 0 Å². The van der Waals surface area contributed by atoms with Crippen LogP contribution >= 0.6 is 11.6 Å². The Morgan fingerprint density at radius 1 is 1.70 bits per heavy atom. The first-order valence-corrected chi connectivity index (χ1v) is 2.89. The standard InChI is InChI=1S/C5H4ClF2N2/c1-10-4(5(7)8)3(6)2-9-10/h5H,1H3. The third-order valence-corrected chi connectivity index (χ3v) is 1.36.